The summed E-state index contributed by atoms with van der Waals surface area (Å²) in [6.45, 7) is 6.42. The Morgan fingerprint density at radius 3 is 2.78 bits per heavy atom. The number of hydrogen-bond acceptors (Lipinski definition) is 5. The number of rotatable bonds is 3. The SMILES string of the molecule is Cc1noc2nc(C(C)C)cc(C(=O)N3CCC(C(=O)O)C3)c12. The quantitative estimate of drug-likeness (QED) is 0.932. The van der Waals surface area contributed by atoms with Gasteiger partial charge in [0.2, 0.25) is 0 Å². The number of aryl methyl sites for hydroxylation is 1. The molecule has 1 amide bonds. The second-order valence-electron chi connectivity index (χ2n) is 6.27. The molecule has 0 aromatic carbocycles. The maximum absolute atomic E-state index is 12.9. The molecule has 2 aromatic heterocycles. The second kappa shape index (κ2) is 5.64. The average Bonchev–Trinajstić information content (AvgIpc) is 3.13. The number of aromatic nitrogens is 2. The van der Waals surface area contributed by atoms with E-state index in [9.17, 15) is 9.59 Å². The summed E-state index contributed by atoms with van der Waals surface area (Å²) in [7, 11) is 0. The minimum atomic E-state index is -0.857. The van der Waals surface area contributed by atoms with Gasteiger partial charge in [-0.2, -0.15) is 0 Å². The molecule has 1 aliphatic rings. The number of likely N-dealkylation sites (tertiary alicyclic amines) is 1. The number of nitrogens with zero attached hydrogens (tertiary/aromatic N) is 3. The topological polar surface area (TPSA) is 96.5 Å². The third-order valence-corrected chi connectivity index (χ3v) is 4.28. The van der Waals surface area contributed by atoms with Crippen LogP contribution in [0.3, 0.4) is 0 Å². The lowest BCUT2D eigenvalue weighted by atomic mass is 10.0. The maximum Gasteiger partial charge on any atom is 0.308 e. The zero-order chi connectivity index (χ0) is 16.7. The molecule has 3 heterocycles. The first-order valence-electron chi connectivity index (χ1n) is 7.67. The monoisotopic (exact) mass is 317 g/mol. The van der Waals surface area contributed by atoms with Gasteiger partial charge in [-0.1, -0.05) is 19.0 Å². The molecule has 1 N–H and O–H groups in total. The van der Waals surface area contributed by atoms with E-state index in [0.717, 1.165) is 5.69 Å². The van der Waals surface area contributed by atoms with Crippen LogP contribution in [-0.2, 0) is 4.79 Å². The first kappa shape index (κ1) is 15.5. The molecule has 1 atom stereocenters. The summed E-state index contributed by atoms with van der Waals surface area (Å²) >= 11 is 0. The highest BCUT2D eigenvalue weighted by molar-refractivity contribution is 6.06. The van der Waals surface area contributed by atoms with Gasteiger partial charge in [-0.25, -0.2) is 4.98 Å². The molecule has 3 rings (SSSR count). The Bertz CT molecular complexity index is 781. The molecule has 0 spiro atoms. The van der Waals surface area contributed by atoms with Gasteiger partial charge in [0.05, 0.1) is 22.6 Å². The van der Waals surface area contributed by atoms with Crippen molar-refractivity contribution in [3.05, 3.63) is 23.0 Å². The normalized spacial score (nSPS) is 18.1. The van der Waals surface area contributed by atoms with E-state index in [1.54, 1.807) is 17.9 Å². The van der Waals surface area contributed by atoms with Crippen LogP contribution < -0.4 is 0 Å². The highest BCUT2D eigenvalue weighted by Gasteiger charge is 2.33. The first-order chi connectivity index (χ1) is 10.9. The van der Waals surface area contributed by atoms with Gasteiger partial charge < -0.3 is 14.5 Å². The van der Waals surface area contributed by atoms with Crippen molar-refractivity contribution >= 4 is 23.0 Å². The third kappa shape index (κ3) is 2.67. The lowest BCUT2D eigenvalue weighted by Crippen LogP contribution is -2.30. The van der Waals surface area contributed by atoms with E-state index in [1.165, 1.54) is 0 Å². The first-order valence-corrected chi connectivity index (χ1v) is 7.67. The predicted molar refractivity (Wildman–Crippen MR) is 82.3 cm³/mol. The van der Waals surface area contributed by atoms with Gasteiger partial charge in [-0.05, 0) is 25.3 Å². The van der Waals surface area contributed by atoms with Gasteiger partial charge >= 0.3 is 5.97 Å². The standard InChI is InChI=1S/C16H19N3O4/c1-8(2)12-6-11(13-9(3)18-23-14(13)17-12)15(20)19-5-4-10(7-19)16(21)22/h6,8,10H,4-5,7H2,1-3H3,(H,21,22). The van der Waals surface area contributed by atoms with Crippen LogP contribution in [-0.4, -0.2) is 45.1 Å². The Kier molecular flexibility index (Phi) is 3.79. The number of amides is 1. The Hall–Kier alpha value is -2.44. The number of carboxylic acids is 1. The minimum absolute atomic E-state index is 0.140. The summed E-state index contributed by atoms with van der Waals surface area (Å²) < 4.78 is 5.23. The fourth-order valence-electron chi connectivity index (χ4n) is 2.89. The predicted octanol–water partition coefficient (Wildman–Crippen LogP) is 2.20. The molecule has 0 saturated carbocycles. The largest absolute Gasteiger partial charge is 0.481 e. The molecule has 7 heteroatoms. The van der Waals surface area contributed by atoms with Crippen LogP contribution >= 0.6 is 0 Å². The molecule has 122 valence electrons. The number of carbonyl (C=O) groups is 2. The summed E-state index contributed by atoms with van der Waals surface area (Å²) in [5.74, 6) is -1.40. The van der Waals surface area contributed by atoms with E-state index in [2.05, 4.69) is 10.1 Å². The van der Waals surface area contributed by atoms with Crippen molar-refractivity contribution in [1.82, 2.24) is 15.0 Å². The summed E-state index contributed by atoms with van der Waals surface area (Å²) in [4.78, 5) is 30.0. The molecule has 0 aliphatic carbocycles. The number of aliphatic carboxylic acids is 1. The number of carboxylic acid groups (broad SMARTS) is 1. The lowest BCUT2D eigenvalue weighted by molar-refractivity contribution is -0.141. The van der Waals surface area contributed by atoms with Crippen LogP contribution in [0.15, 0.2) is 10.6 Å². The van der Waals surface area contributed by atoms with Crippen LogP contribution in [0.1, 0.15) is 47.9 Å². The number of hydrogen-bond donors (Lipinski definition) is 1. The van der Waals surface area contributed by atoms with Crippen molar-refractivity contribution in [1.29, 1.82) is 0 Å². The number of pyridine rings is 1. The summed E-state index contributed by atoms with van der Waals surface area (Å²) in [6, 6.07) is 1.77. The van der Waals surface area contributed by atoms with Gasteiger partial charge in [-0.15, -0.1) is 0 Å². The molecule has 7 nitrogen and oxygen atoms in total. The van der Waals surface area contributed by atoms with Crippen LogP contribution in [0.2, 0.25) is 0 Å². The van der Waals surface area contributed by atoms with Gasteiger partial charge in [0.25, 0.3) is 11.6 Å². The summed E-state index contributed by atoms with van der Waals surface area (Å²) in [6.07, 6.45) is 0.481. The number of carbonyl (C=O) groups excluding carboxylic acids is 1. The summed E-state index contributed by atoms with van der Waals surface area (Å²) in [5, 5.41) is 13.6. The molecule has 1 aliphatic heterocycles. The van der Waals surface area contributed by atoms with Crippen molar-refractivity contribution in [2.75, 3.05) is 13.1 Å². The smallest absolute Gasteiger partial charge is 0.308 e. The van der Waals surface area contributed by atoms with Crippen molar-refractivity contribution in [3.63, 3.8) is 0 Å². The Labute approximate surface area is 133 Å². The molecule has 1 saturated heterocycles. The zero-order valence-electron chi connectivity index (χ0n) is 13.4. The lowest BCUT2D eigenvalue weighted by Gasteiger charge is -2.17. The average molecular weight is 317 g/mol. The fraction of sp³-hybridized carbons (Fsp3) is 0.500. The molecular formula is C16H19N3O4. The fourth-order valence-corrected chi connectivity index (χ4v) is 2.89. The van der Waals surface area contributed by atoms with Crippen molar-refractivity contribution < 1.29 is 19.2 Å². The van der Waals surface area contributed by atoms with E-state index in [1.807, 2.05) is 13.8 Å². The minimum Gasteiger partial charge on any atom is -0.481 e. The second-order valence-corrected chi connectivity index (χ2v) is 6.27. The number of fused-ring (bicyclic) bond motifs is 1. The van der Waals surface area contributed by atoms with Crippen LogP contribution in [0, 0.1) is 12.8 Å². The molecule has 23 heavy (non-hydrogen) atoms. The van der Waals surface area contributed by atoms with Crippen molar-refractivity contribution in [2.45, 2.75) is 33.1 Å². The molecular weight excluding hydrogens is 298 g/mol. The van der Waals surface area contributed by atoms with E-state index in [0.29, 0.717) is 35.3 Å². The molecule has 1 fully saturated rings. The van der Waals surface area contributed by atoms with Crippen LogP contribution in [0.25, 0.3) is 11.1 Å². The summed E-state index contributed by atoms with van der Waals surface area (Å²) in [5.41, 5.74) is 2.21. The third-order valence-electron chi connectivity index (χ3n) is 4.28. The van der Waals surface area contributed by atoms with E-state index < -0.39 is 11.9 Å². The highest BCUT2D eigenvalue weighted by Crippen LogP contribution is 2.28. The molecule has 0 radical (unpaired) electrons. The van der Waals surface area contributed by atoms with Gasteiger partial charge in [0.1, 0.15) is 0 Å². The van der Waals surface area contributed by atoms with Crippen LogP contribution in [0.4, 0.5) is 0 Å². The maximum atomic E-state index is 12.9. The Morgan fingerprint density at radius 2 is 2.17 bits per heavy atom. The van der Waals surface area contributed by atoms with Gasteiger partial charge in [0.15, 0.2) is 0 Å². The van der Waals surface area contributed by atoms with Crippen molar-refractivity contribution in [3.8, 4) is 0 Å². The molecule has 1 unspecified atom stereocenters. The Balaban J connectivity index is 2.02. The van der Waals surface area contributed by atoms with Gasteiger partial charge in [0, 0.05) is 18.8 Å². The zero-order valence-corrected chi connectivity index (χ0v) is 13.4. The van der Waals surface area contributed by atoms with Crippen LogP contribution in [0.5, 0.6) is 0 Å². The highest BCUT2D eigenvalue weighted by atomic mass is 16.5. The Morgan fingerprint density at radius 1 is 1.43 bits per heavy atom. The van der Waals surface area contributed by atoms with E-state index in [-0.39, 0.29) is 18.4 Å². The molecule has 2 aromatic rings. The van der Waals surface area contributed by atoms with E-state index >= 15 is 0 Å². The molecule has 0 bridgehead atoms. The van der Waals surface area contributed by atoms with Gasteiger partial charge in [-0.3, -0.25) is 9.59 Å². The van der Waals surface area contributed by atoms with Crippen molar-refractivity contribution in [2.24, 2.45) is 5.92 Å². The van der Waals surface area contributed by atoms with E-state index in [4.69, 9.17) is 9.63 Å².